The molecule has 1 fully saturated rings. The summed E-state index contributed by atoms with van der Waals surface area (Å²) in [6, 6.07) is 7.11. The number of benzene rings is 1. The van der Waals surface area contributed by atoms with Crippen LogP contribution < -0.4 is 5.32 Å². The van der Waals surface area contributed by atoms with Gasteiger partial charge in [0.2, 0.25) is 5.91 Å². The molecule has 0 radical (unpaired) electrons. The summed E-state index contributed by atoms with van der Waals surface area (Å²) in [6.07, 6.45) is 4.68. The Labute approximate surface area is 148 Å². The fourth-order valence-corrected chi connectivity index (χ4v) is 4.49. The van der Waals surface area contributed by atoms with Crippen molar-refractivity contribution >= 4 is 21.7 Å². The minimum absolute atomic E-state index is 0.0136. The summed E-state index contributed by atoms with van der Waals surface area (Å²) in [7, 11) is -2.29. The van der Waals surface area contributed by atoms with E-state index in [0.29, 0.717) is 12.3 Å². The van der Waals surface area contributed by atoms with Crippen molar-refractivity contribution in [3.05, 3.63) is 30.3 Å². The lowest BCUT2D eigenvalue weighted by molar-refractivity contribution is -0.145. The van der Waals surface area contributed by atoms with E-state index >= 15 is 0 Å². The quantitative estimate of drug-likeness (QED) is 0.711. The molecule has 6 nitrogen and oxygen atoms in total. The smallest absolute Gasteiger partial charge is 0.328 e. The van der Waals surface area contributed by atoms with Crippen molar-refractivity contribution in [2.24, 2.45) is 5.92 Å². The molecule has 1 amide bonds. The molecule has 7 heteroatoms. The van der Waals surface area contributed by atoms with Gasteiger partial charge in [-0.2, -0.15) is 0 Å². The van der Waals surface area contributed by atoms with Crippen LogP contribution >= 0.6 is 0 Å². The number of nitrogens with one attached hydrogen (secondary N) is 1. The van der Waals surface area contributed by atoms with E-state index in [1.165, 1.54) is 19.2 Å². The Balaban J connectivity index is 1.95. The number of sulfone groups is 1. The van der Waals surface area contributed by atoms with Gasteiger partial charge in [0.1, 0.15) is 6.04 Å². The number of amides is 1. The molecule has 2 rings (SSSR count). The monoisotopic (exact) mass is 367 g/mol. The van der Waals surface area contributed by atoms with Gasteiger partial charge in [-0.1, -0.05) is 31.0 Å². The van der Waals surface area contributed by atoms with Gasteiger partial charge in [-0.3, -0.25) is 4.79 Å². The fourth-order valence-electron chi connectivity index (χ4n) is 3.14. The molecule has 0 unspecified atom stereocenters. The Kier molecular flexibility index (Phi) is 6.99. The van der Waals surface area contributed by atoms with Crippen molar-refractivity contribution < 1.29 is 22.7 Å². The Morgan fingerprint density at radius 3 is 2.44 bits per heavy atom. The van der Waals surface area contributed by atoms with Crippen LogP contribution in [0.2, 0.25) is 0 Å². The summed E-state index contributed by atoms with van der Waals surface area (Å²) in [5.41, 5.74) is 0. The number of esters is 1. The van der Waals surface area contributed by atoms with Gasteiger partial charge < -0.3 is 10.1 Å². The number of carbonyl (C=O) groups is 2. The topological polar surface area (TPSA) is 89.5 Å². The van der Waals surface area contributed by atoms with Crippen molar-refractivity contribution in [1.29, 1.82) is 0 Å². The highest BCUT2D eigenvalue weighted by molar-refractivity contribution is 7.91. The van der Waals surface area contributed by atoms with Crippen LogP contribution in [0.4, 0.5) is 0 Å². The maximum Gasteiger partial charge on any atom is 0.328 e. The number of rotatable bonds is 8. The molecule has 0 aliphatic heterocycles. The number of methoxy groups -OCH3 is 1. The maximum absolute atomic E-state index is 12.3. The van der Waals surface area contributed by atoms with Gasteiger partial charge in [0.15, 0.2) is 9.84 Å². The van der Waals surface area contributed by atoms with Crippen molar-refractivity contribution in [2.75, 3.05) is 12.9 Å². The fraction of sp³-hybridized carbons (Fsp3) is 0.556. The first-order chi connectivity index (χ1) is 11.9. The van der Waals surface area contributed by atoms with Gasteiger partial charge in [0.25, 0.3) is 0 Å². The average molecular weight is 367 g/mol. The maximum atomic E-state index is 12.3. The lowest BCUT2D eigenvalue weighted by atomic mass is 10.0. The molecule has 0 aromatic heterocycles. The van der Waals surface area contributed by atoms with Gasteiger partial charge in [0, 0.05) is 6.42 Å². The standard InChI is InChI=1S/C18H25NO5S/c1-24-18(21)16(19-17(20)13-14-7-5-6-8-14)11-12-25(22,23)15-9-3-2-4-10-15/h2-4,9-10,14,16H,5-8,11-13H2,1H3,(H,19,20)/t16-/m1/s1. The van der Waals surface area contributed by atoms with E-state index in [0.717, 1.165) is 25.7 Å². The van der Waals surface area contributed by atoms with Crippen LogP contribution in [0.3, 0.4) is 0 Å². The summed E-state index contributed by atoms with van der Waals surface area (Å²) < 4.78 is 29.4. The zero-order valence-electron chi connectivity index (χ0n) is 14.4. The zero-order chi connectivity index (χ0) is 18.3. The van der Waals surface area contributed by atoms with Gasteiger partial charge in [-0.25, -0.2) is 13.2 Å². The first-order valence-corrected chi connectivity index (χ1v) is 10.2. The molecule has 0 spiro atoms. The molecule has 138 valence electrons. The minimum atomic E-state index is -3.51. The molecule has 1 saturated carbocycles. The summed E-state index contributed by atoms with van der Waals surface area (Å²) in [5, 5.41) is 2.64. The first kappa shape index (κ1) is 19.4. The molecular weight excluding hydrogens is 342 g/mol. The van der Waals surface area contributed by atoms with Crippen molar-refractivity contribution in [1.82, 2.24) is 5.32 Å². The van der Waals surface area contributed by atoms with Crippen LogP contribution in [0.25, 0.3) is 0 Å². The second kappa shape index (κ2) is 8.99. The van der Waals surface area contributed by atoms with Crippen LogP contribution in [-0.2, 0) is 24.2 Å². The highest BCUT2D eigenvalue weighted by Crippen LogP contribution is 2.27. The third kappa shape index (κ3) is 5.85. The zero-order valence-corrected chi connectivity index (χ0v) is 15.3. The highest BCUT2D eigenvalue weighted by Gasteiger charge is 2.26. The largest absolute Gasteiger partial charge is 0.467 e. The Bertz CT molecular complexity index is 681. The predicted octanol–water partition coefficient (Wildman–Crippen LogP) is 2.09. The van der Waals surface area contributed by atoms with E-state index in [1.54, 1.807) is 18.2 Å². The van der Waals surface area contributed by atoms with Crippen molar-refractivity contribution in [2.45, 2.75) is 49.5 Å². The van der Waals surface area contributed by atoms with Gasteiger partial charge in [-0.05, 0) is 37.3 Å². The number of hydrogen-bond donors (Lipinski definition) is 1. The lowest BCUT2D eigenvalue weighted by Gasteiger charge is -2.18. The summed E-state index contributed by atoms with van der Waals surface area (Å²) in [6.45, 7) is 0. The Morgan fingerprint density at radius 2 is 1.84 bits per heavy atom. The van der Waals surface area contributed by atoms with Crippen molar-refractivity contribution in [3.8, 4) is 0 Å². The van der Waals surface area contributed by atoms with E-state index in [4.69, 9.17) is 4.74 Å². The van der Waals surface area contributed by atoms with Gasteiger partial charge in [0.05, 0.1) is 17.8 Å². The molecule has 1 aliphatic rings. The molecule has 0 heterocycles. The van der Waals surface area contributed by atoms with Gasteiger partial charge in [-0.15, -0.1) is 0 Å². The summed E-state index contributed by atoms with van der Waals surface area (Å²) in [5.74, 6) is -0.727. The Hall–Kier alpha value is -1.89. The molecule has 1 aliphatic carbocycles. The van der Waals surface area contributed by atoms with E-state index in [-0.39, 0.29) is 23.0 Å². The predicted molar refractivity (Wildman–Crippen MR) is 93.6 cm³/mol. The van der Waals surface area contributed by atoms with E-state index in [9.17, 15) is 18.0 Å². The SMILES string of the molecule is COC(=O)[C@@H](CCS(=O)(=O)c1ccccc1)NC(=O)CC1CCCC1. The minimum Gasteiger partial charge on any atom is -0.467 e. The third-order valence-corrected chi connectivity index (χ3v) is 6.31. The van der Waals surface area contributed by atoms with Crippen LogP contribution in [0.5, 0.6) is 0 Å². The van der Waals surface area contributed by atoms with E-state index in [1.807, 2.05) is 0 Å². The molecular formula is C18H25NO5S. The second-order valence-corrected chi connectivity index (χ2v) is 8.53. The molecule has 1 N–H and O–H groups in total. The number of carbonyl (C=O) groups excluding carboxylic acids is 2. The highest BCUT2D eigenvalue weighted by atomic mass is 32.2. The second-order valence-electron chi connectivity index (χ2n) is 6.42. The Morgan fingerprint density at radius 1 is 1.20 bits per heavy atom. The van der Waals surface area contributed by atoms with Gasteiger partial charge >= 0.3 is 5.97 Å². The molecule has 1 aromatic carbocycles. The number of ether oxygens (including phenoxy) is 1. The lowest BCUT2D eigenvalue weighted by Crippen LogP contribution is -2.43. The first-order valence-electron chi connectivity index (χ1n) is 8.57. The van der Waals surface area contributed by atoms with E-state index in [2.05, 4.69) is 5.32 Å². The third-order valence-electron chi connectivity index (χ3n) is 4.55. The van der Waals surface area contributed by atoms with Crippen molar-refractivity contribution in [3.63, 3.8) is 0 Å². The van der Waals surface area contributed by atoms with Crippen LogP contribution in [-0.4, -0.2) is 39.2 Å². The molecule has 1 atom stereocenters. The van der Waals surface area contributed by atoms with E-state index < -0.39 is 21.8 Å². The van der Waals surface area contributed by atoms with Crippen LogP contribution in [0.1, 0.15) is 38.5 Å². The summed E-state index contributed by atoms with van der Waals surface area (Å²) >= 11 is 0. The summed E-state index contributed by atoms with van der Waals surface area (Å²) in [4.78, 5) is 24.3. The van der Waals surface area contributed by atoms with Crippen LogP contribution in [0.15, 0.2) is 35.2 Å². The number of hydrogen-bond acceptors (Lipinski definition) is 5. The molecule has 1 aromatic rings. The van der Waals surface area contributed by atoms with Crippen LogP contribution in [0, 0.1) is 5.92 Å². The molecule has 25 heavy (non-hydrogen) atoms. The normalized spacial score (nSPS) is 16.4. The molecule has 0 bridgehead atoms. The molecule has 0 saturated heterocycles. The average Bonchev–Trinajstić information content (AvgIpc) is 3.11.